The normalized spacial score (nSPS) is 13.1. The second kappa shape index (κ2) is 6.21. The highest BCUT2D eigenvalue weighted by molar-refractivity contribution is 14.1. The van der Waals surface area contributed by atoms with E-state index >= 15 is 0 Å². The van der Waals surface area contributed by atoms with Crippen LogP contribution in [0.4, 0.5) is 0 Å². The van der Waals surface area contributed by atoms with E-state index < -0.39 is 0 Å². The molecular weight excluding hydrogens is 363 g/mol. The lowest BCUT2D eigenvalue weighted by molar-refractivity contribution is 0.162. The number of fused-ring (bicyclic) bond motifs is 1. The summed E-state index contributed by atoms with van der Waals surface area (Å²) in [5, 5.41) is 0. The highest BCUT2D eigenvalue weighted by atomic mass is 127. The number of aryl methyl sites for hydroxylation is 1. The van der Waals surface area contributed by atoms with Gasteiger partial charge in [-0.2, -0.15) is 0 Å². The predicted molar refractivity (Wildman–Crippen MR) is 83.5 cm³/mol. The molecule has 1 aromatic carbocycles. The summed E-state index contributed by atoms with van der Waals surface area (Å²) in [4.78, 5) is 4.68. The molecule has 3 nitrogen and oxygen atoms in total. The van der Waals surface area contributed by atoms with Gasteiger partial charge in [-0.25, -0.2) is 4.98 Å². The van der Waals surface area contributed by atoms with Crippen LogP contribution in [0.1, 0.15) is 18.8 Å². The van der Waals surface area contributed by atoms with Gasteiger partial charge in [-0.15, -0.1) is 11.6 Å². The maximum Gasteiger partial charge on any atom is 0.111 e. The minimum absolute atomic E-state index is 0.262. The fraction of sp³-hybridized carbons (Fsp3) is 0.462. The molecule has 0 radical (unpaired) electrons. The molecule has 0 saturated carbocycles. The highest BCUT2D eigenvalue weighted by Crippen LogP contribution is 2.23. The Hall–Kier alpha value is -0.330. The van der Waals surface area contributed by atoms with Crippen LogP contribution in [0.2, 0.25) is 0 Å². The van der Waals surface area contributed by atoms with Crippen molar-refractivity contribution >= 4 is 45.2 Å². The van der Waals surface area contributed by atoms with Gasteiger partial charge in [-0.05, 0) is 47.7 Å². The second-order valence-corrected chi connectivity index (χ2v) is 5.90. The molecule has 0 aliphatic heterocycles. The van der Waals surface area contributed by atoms with Crippen molar-refractivity contribution in [2.24, 2.45) is 0 Å². The summed E-state index contributed by atoms with van der Waals surface area (Å²) in [6, 6.07) is 6.58. The van der Waals surface area contributed by atoms with E-state index in [1.54, 1.807) is 7.11 Å². The summed E-state index contributed by atoms with van der Waals surface area (Å²) in [6.45, 7) is 2.81. The number of methoxy groups -OCH3 is 1. The van der Waals surface area contributed by atoms with Gasteiger partial charge in [0.05, 0.1) is 23.7 Å². The highest BCUT2D eigenvalue weighted by Gasteiger charge is 2.15. The van der Waals surface area contributed by atoms with Crippen LogP contribution in [0, 0.1) is 3.57 Å². The van der Waals surface area contributed by atoms with Gasteiger partial charge >= 0.3 is 0 Å². The molecule has 18 heavy (non-hydrogen) atoms. The topological polar surface area (TPSA) is 27.1 Å². The molecule has 0 bridgehead atoms. The fourth-order valence-corrected chi connectivity index (χ4v) is 2.83. The van der Waals surface area contributed by atoms with Crippen molar-refractivity contribution < 1.29 is 4.74 Å². The van der Waals surface area contributed by atoms with Crippen molar-refractivity contribution in [2.75, 3.05) is 19.6 Å². The van der Waals surface area contributed by atoms with Crippen molar-refractivity contribution in [3.63, 3.8) is 0 Å². The molecule has 0 fully saturated rings. The molecule has 0 amide bonds. The van der Waals surface area contributed by atoms with E-state index in [9.17, 15) is 0 Å². The summed E-state index contributed by atoms with van der Waals surface area (Å²) in [5.41, 5.74) is 2.19. The van der Waals surface area contributed by atoms with E-state index in [0.29, 0.717) is 12.5 Å². The summed E-state index contributed by atoms with van der Waals surface area (Å²) >= 11 is 8.17. The number of aromatic nitrogens is 2. The largest absolute Gasteiger partial charge is 0.383 e. The Morgan fingerprint density at radius 1 is 1.50 bits per heavy atom. The maximum absolute atomic E-state index is 5.86. The first-order valence-electron chi connectivity index (χ1n) is 5.88. The van der Waals surface area contributed by atoms with E-state index in [1.165, 1.54) is 3.57 Å². The number of hydrogen-bond donors (Lipinski definition) is 0. The number of alkyl halides is 1. The molecule has 0 N–H and O–H groups in total. The average molecular weight is 379 g/mol. The van der Waals surface area contributed by atoms with Crippen LogP contribution in [-0.4, -0.2) is 29.1 Å². The van der Waals surface area contributed by atoms with Crippen LogP contribution < -0.4 is 0 Å². The molecule has 1 heterocycles. The molecule has 0 aliphatic rings. The second-order valence-electron chi connectivity index (χ2n) is 4.27. The van der Waals surface area contributed by atoms with Crippen LogP contribution in [0.3, 0.4) is 0 Å². The van der Waals surface area contributed by atoms with Gasteiger partial charge in [0, 0.05) is 23.0 Å². The molecule has 98 valence electrons. The number of rotatable bonds is 5. The van der Waals surface area contributed by atoms with E-state index in [-0.39, 0.29) is 6.04 Å². The lowest BCUT2D eigenvalue weighted by Gasteiger charge is -2.16. The van der Waals surface area contributed by atoms with Crippen molar-refractivity contribution in [1.29, 1.82) is 0 Å². The summed E-state index contributed by atoms with van der Waals surface area (Å²) in [6.07, 6.45) is 0.779. The first kappa shape index (κ1) is 14.1. The Labute approximate surface area is 126 Å². The minimum atomic E-state index is 0.262. The first-order chi connectivity index (χ1) is 8.67. The molecule has 1 aromatic heterocycles. The lowest BCUT2D eigenvalue weighted by atomic mass is 10.2. The summed E-state index contributed by atoms with van der Waals surface area (Å²) in [5.74, 6) is 1.62. The Kier molecular flexibility index (Phi) is 4.86. The third-order valence-electron chi connectivity index (χ3n) is 2.89. The molecule has 0 spiro atoms. The van der Waals surface area contributed by atoms with Crippen LogP contribution in [0.15, 0.2) is 18.2 Å². The number of hydrogen-bond acceptors (Lipinski definition) is 2. The first-order valence-corrected chi connectivity index (χ1v) is 7.50. The molecule has 0 aliphatic carbocycles. The monoisotopic (exact) mass is 378 g/mol. The zero-order valence-electron chi connectivity index (χ0n) is 10.5. The van der Waals surface area contributed by atoms with Gasteiger partial charge in [0.1, 0.15) is 5.82 Å². The molecule has 2 rings (SSSR count). The van der Waals surface area contributed by atoms with Crippen molar-refractivity contribution in [2.45, 2.75) is 19.4 Å². The Morgan fingerprint density at radius 3 is 2.94 bits per heavy atom. The number of imidazole rings is 1. The lowest BCUT2D eigenvalue weighted by Crippen LogP contribution is -2.14. The van der Waals surface area contributed by atoms with Gasteiger partial charge in [0.15, 0.2) is 0 Å². The Bertz CT molecular complexity index is 541. The average Bonchev–Trinajstić information content (AvgIpc) is 2.67. The van der Waals surface area contributed by atoms with Crippen molar-refractivity contribution in [1.82, 2.24) is 9.55 Å². The minimum Gasteiger partial charge on any atom is -0.383 e. The molecule has 1 atom stereocenters. The van der Waals surface area contributed by atoms with Crippen molar-refractivity contribution in [3.8, 4) is 0 Å². The van der Waals surface area contributed by atoms with E-state index in [1.807, 2.05) is 0 Å². The van der Waals surface area contributed by atoms with Crippen LogP contribution in [0.5, 0.6) is 0 Å². The van der Waals surface area contributed by atoms with Gasteiger partial charge in [0.25, 0.3) is 0 Å². The molecule has 1 unspecified atom stereocenters. The number of halogens is 2. The molecular formula is C13H16ClIN2O. The van der Waals surface area contributed by atoms with Crippen molar-refractivity contribution in [3.05, 3.63) is 27.6 Å². The summed E-state index contributed by atoms with van der Waals surface area (Å²) in [7, 11) is 1.72. The zero-order valence-corrected chi connectivity index (χ0v) is 13.4. The SMILES string of the molecule is COCC(C)n1c(CCCl)nc2cc(I)ccc21. The quantitative estimate of drug-likeness (QED) is 0.587. The van der Waals surface area contributed by atoms with E-state index in [2.05, 4.69) is 57.3 Å². The Balaban J connectivity index is 2.54. The van der Waals surface area contributed by atoms with Gasteiger partial charge in [0.2, 0.25) is 0 Å². The predicted octanol–water partition coefficient (Wildman–Crippen LogP) is 3.63. The van der Waals surface area contributed by atoms with Crippen LogP contribution >= 0.6 is 34.2 Å². The molecule has 0 saturated heterocycles. The number of nitrogens with zero attached hydrogens (tertiary/aromatic N) is 2. The van der Waals surface area contributed by atoms with E-state index in [4.69, 9.17) is 16.3 Å². The molecule has 2 aromatic rings. The zero-order chi connectivity index (χ0) is 13.1. The smallest absolute Gasteiger partial charge is 0.111 e. The van der Waals surface area contributed by atoms with Gasteiger partial charge < -0.3 is 9.30 Å². The third-order valence-corrected chi connectivity index (χ3v) is 3.75. The molecule has 5 heteroatoms. The number of benzene rings is 1. The van der Waals surface area contributed by atoms with E-state index in [0.717, 1.165) is 23.3 Å². The van der Waals surface area contributed by atoms with Gasteiger partial charge in [-0.1, -0.05) is 0 Å². The van der Waals surface area contributed by atoms with Gasteiger partial charge in [-0.3, -0.25) is 0 Å². The standard InChI is InChI=1S/C13H16ClIN2O/c1-9(8-18-2)17-12-4-3-10(15)7-11(12)16-13(17)5-6-14/h3-4,7,9H,5-6,8H2,1-2H3. The third kappa shape index (κ3) is 2.81. The van der Waals surface area contributed by atoms with Crippen LogP contribution in [0.25, 0.3) is 11.0 Å². The maximum atomic E-state index is 5.86. The van der Waals surface area contributed by atoms with Crippen LogP contribution in [-0.2, 0) is 11.2 Å². The fourth-order valence-electron chi connectivity index (χ4n) is 2.19. The Morgan fingerprint density at radius 2 is 2.28 bits per heavy atom. The summed E-state index contributed by atoms with van der Waals surface area (Å²) < 4.78 is 8.68. The number of ether oxygens (including phenoxy) is 1.